The normalized spacial score (nSPS) is 18.6. The van der Waals surface area contributed by atoms with Crippen LogP contribution in [0.25, 0.3) is 0 Å². The number of anilines is 2. The minimum absolute atomic E-state index is 0.132. The minimum atomic E-state index is 0.132. The van der Waals surface area contributed by atoms with Crippen molar-refractivity contribution in [1.82, 2.24) is 10.6 Å². The number of benzene rings is 2. The number of nitrogens with one attached hydrogen (secondary N) is 2. The van der Waals surface area contributed by atoms with Crippen LogP contribution in [-0.4, -0.2) is 58.1 Å². The van der Waals surface area contributed by atoms with Gasteiger partial charge in [-0.25, -0.2) is 0 Å². The lowest BCUT2D eigenvalue weighted by Gasteiger charge is -2.35. The fraction of sp³-hybridized carbons (Fsp3) is 0.480. The van der Waals surface area contributed by atoms with Gasteiger partial charge in [0.25, 0.3) is 0 Å². The first-order valence-corrected chi connectivity index (χ1v) is 11.3. The highest BCUT2D eigenvalue weighted by atomic mass is 16.1. The van der Waals surface area contributed by atoms with Gasteiger partial charge in [-0.05, 0) is 64.0 Å². The van der Waals surface area contributed by atoms with Crippen LogP contribution in [0.5, 0.6) is 0 Å². The number of hydrogen-bond donors (Lipinski definition) is 2. The van der Waals surface area contributed by atoms with Crippen molar-refractivity contribution in [3.05, 3.63) is 59.7 Å². The quantitative estimate of drug-likeness (QED) is 0.721. The maximum atomic E-state index is 13.7. The van der Waals surface area contributed by atoms with E-state index in [0.29, 0.717) is 12.1 Å². The number of hydrogen-bond acceptors (Lipinski definition) is 5. The molecule has 2 aromatic carbocycles. The summed E-state index contributed by atoms with van der Waals surface area (Å²) in [4.78, 5) is 18.5. The molecule has 2 heterocycles. The predicted molar refractivity (Wildman–Crippen MR) is 125 cm³/mol. The molecule has 0 spiro atoms. The van der Waals surface area contributed by atoms with Gasteiger partial charge in [0.15, 0.2) is 5.78 Å². The fourth-order valence-corrected chi connectivity index (χ4v) is 4.85. The first-order chi connectivity index (χ1) is 14.7. The number of carbonyl (C=O) groups excluding carboxylic acids is 1. The van der Waals surface area contributed by atoms with Gasteiger partial charge in [0.05, 0.1) is 0 Å². The van der Waals surface area contributed by atoms with Gasteiger partial charge >= 0.3 is 0 Å². The number of piperidine rings is 2. The summed E-state index contributed by atoms with van der Waals surface area (Å²) in [6, 6.07) is 17.4. The Kier molecular flexibility index (Phi) is 6.70. The molecule has 0 aliphatic carbocycles. The molecule has 2 aromatic rings. The van der Waals surface area contributed by atoms with Crippen molar-refractivity contribution in [1.29, 1.82) is 0 Å². The van der Waals surface area contributed by atoms with Gasteiger partial charge in [0.2, 0.25) is 0 Å². The average molecular weight is 407 g/mol. The first-order valence-electron chi connectivity index (χ1n) is 11.3. The van der Waals surface area contributed by atoms with Gasteiger partial charge in [-0.3, -0.25) is 4.79 Å². The minimum Gasteiger partial charge on any atom is -0.371 e. The summed E-state index contributed by atoms with van der Waals surface area (Å²) >= 11 is 0. The summed E-state index contributed by atoms with van der Waals surface area (Å²) in [6.07, 6.45) is 4.43. The van der Waals surface area contributed by atoms with Crippen LogP contribution in [0.1, 0.15) is 41.6 Å². The second kappa shape index (κ2) is 9.63. The van der Waals surface area contributed by atoms with Gasteiger partial charge in [-0.1, -0.05) is 24.3 Å². The molecule has 0 amide bonds. The van der Waals surface area contributed by atoms with Crippen molar-refractivity contribution in [2.45, 2.75) is 37.8 Å². The Morgan fingerprint density at radius 1 is 0.700 bits per heavy atom. The smallest absolute Gasteiger partial charge is 0.197 e. The molecular formula is C25H34N4O. The third-order valence-electron chi connectivity index (χ3n) is 6.79. The molecule has 2 aliphatic rings. The van der Waals surface area contributed by atoms with Gasteiger partial charge in [-0.15, -0.1) is 0 Å². The van der Waals surface area contributed by atoms with Crippen LogP contribution in [0.2, 0.25) is 0 Å². The standard InChI is InChI=1S/C25H34N4O/c1-26-19-11-15-28(16-12-19)23-9-5-3-7-21(23)25(30)22-8-4-6-10-24(22)29-17-13-20(27-2)14-18-29/h3-10,19-20,26-27H,11-18H2,1-2H3. The van der Waals surface area contributed by atoms with E-state index in [1.807, 2.05) is 50.5 Å². The Labute approximate surface area is 180 Å². The monoisotopic (exact) mass is 406 g/mol. The summed E-state index contributed by atoms with van der Waals surface area (Å²) < 4.78 is 0. The van der Waals surface area contributed by atoms with Crippen LogP contribution in [0.4, 0.5) is 11.4 Å². The lowest BCUT2D eigenvalue weighted by molar-refractivity contribution is 0.103. The van der Waals surface area contributed by atoms with Crippen molar-refractivity contribution in [3.63, 3.8) is 0 Å². The topological polar surface area (TPSA) is 47.6 Å². The molecule has 0 unspecified atom stereocenters. The van der Waals surface area contributed by atoms with E-state index in [2.05, 4.69) is 32.6 Å². The fourth-order valence-electron chi connectivity index (χ4n) is 4.85. The molecular weight excluding hydrogens is 372 g/mol. The molecule has 2 aliphatic heterocycles. The zero-order valence-corrected chi connectivity index (χ0v) is 18.2. The number of para-hydroxylation sites is 2. The van der Waals surface area contributed by atoms with Crippen molar-refractivity contribution < 1.29 is 4.79 Å². The van der Waals surface area contributed by atoms with Crippen LogP contribution in [0, 0.1) is 0 Å². The molecule has 0 saturated carbocycles. The van der Waals surface area contributed by atoms with Crippen LogP contribution >= 0.6 is 0 Å². The SMILES string of the molecule is CNC1CCN(c2ccccc2C(=O)c2ccccc2N2CCC(NC)CC2)CC1. The maximum absolute atomic E-state index is 13.7. The van der Waals surface area contributed by atoms with Gasteiger partial charge < -0.3 is 20.4 Å². The van der Waals surface area contributed by atoms with E-state index in [-0.39, 0.29) is 5.78 Å². The second-order valence-electron chi connectivity index (χ2n) is 8.46. The lowest BCUT2D eigenvalue weighted by Crippen LogP contribution is -2.42. The average Bonchev–Trinajstić information content (AvgIpc) is 2.84. The van der Waals surface area contributed by atoms with Gasteiger partial charge in [0.1, 0.15) is 0 Å². The molecule has 2 fully saturated rings. The summed E-state index contributed by atoms with van der Waals surface area (Å²) in [7, 11) is 4.07. The molecule has 0 radical (unpaired) electrons. The van der Waals surface area contributed by atoms with E-state index < -0.39 is 0 Å². The van der Waals surface area contributed by atoms with E-state index in [1.165, 1.54) is 0 Å². The summed E-state index contributed by atoms with van der Waals surface area (Å²) in [5, 5.41) is 6.77. The first kappa shape index (κ1) is 20.9. The van der Waals surface area contributed by atoms with Crippen LogP contribution in [-0.2, 0) is 0 Å². The molecule has 0 bridgehead atoms. The number of ketones is 1. The zero-order valence-electron chi connectivity index (χ0n) is 18.2. The Hall–Kier alpha value is -2.37. The van der Waals surface area contributed by atoms with E-state index >= 15 is 0 Å². The van der Waals surface area contributed by atoms with Crippen molar-refractivity contribution in [2.75, 3.05) is 50.1 Å². The molecule has 0 aromatic heterocycles. The Balaban J connectivity index is 1.59. The Bertz CT molecular complexity index is 782. The number of rotatable bonds is 6. The highest BCUT2D eigenvalue weighted by Crippen LogP contribution is 2.31. The molecule has 4 rings (SSSR count). The Morgan fingerprint density at radius 2 is 1.07 bits per heavy atom. The lowest BCUT2D eigenvalue weighted by atomic mass is 9.96. The molecule has 2 saturated heterocycles. The maximum Gasteiger partial charge on any atom is 0.197 e. The van der Waals surface area contributed by atoms with E-state index in [0.717, 1.165) is 74.4 Å². The van der Waals surface area contributed by atoms with E-state index in [1.54, 1.807) is 0 Å². The number of carbonyl (C=O) groups is 1. The summed E-state index contributed by atoms with van der Waals surface area (Å²) in [5.41, 5.74) is 3.78. The van der Waals surface area contributed by atoms with Crippen molar-refractivity contribution in [3.8, 4) is 0 Å². The molecule has 5 heteroatoms. The van der Waals surface area contributed by atoms with Crippen LogP contribution in [0.15, 0.2) is 48.5 Å². The van der Waals surface area contributed by atoms with Crippen molar-refractivity contribution >= 4 is 17.2 Å². The third-order valence-corrected chi connectivity index (χ3v) is 6.79. The van der Waals surface area contributed by atoms with Gasteiger partial charge in [0, 0.05) is 60.8 Å². The molecule has 30 heavy (non-hydrogen) atoms. The molecule has 2 N–H and O–H groups in total. The largest absolute Gasteiger partial charge is 0.371 e. The van der Waals surface area contributed by atoms with Gasteiger partial charge in [-0.2, -0.15) is 0 Å². The third kappa shape index (κ3) is 4.37. The highest BCUT2D eigenvalue weighted by Gasteiger charge is 2.26. The molecule has 5 nitrogen and oxygen atoms in total. The van der Waals surface area contributed by atoms with Crippen LogP contribution in [0.3, 0.4) is 0 Å². The number of nitrogens with zero attached hydrogens (tertiary/aromatic N) is 2. The Morgan fingerprint density at radius 3 is 1.43 bits per heavy atom. The highest BCUT2D eigenvalue weighted by molar-refractivity contribution is 6.15. The summed E-state index contributed by atoms with van der Waals surface area (Å²) in [5.74, 6) is 0.132. The van der Waals surface area contributed by atoms with Crippen molar-refractivity contribution in [2.24, 2.45) is 0 Å². The van der Waals surface area contributed by atoms with Crippen LogP contribution < -0.4 is 20.4 Å². The zero-order chi connectivity index (χ0) is 20.9. The predicted octanol–water partition coefficient (Wildman–Crippen LogP) is 3.29. The van der Waals surface area contributed by atoms with E-state index in [4.69, 9.17) is 0 Å². The molecule has 0 atom stereocenters. The second-order valence-corrected chi connectivity index (χ2v) is 8.46. The summed E-state index contributed by atoms with van der Waals surface area (Å²) in [6.45, 7) is 3.92. The van der Waals surface area contributed by atoms with E-state index in [9.17, 15) is 4.79 Å². The molecule has 160 valence electrons.